The van der Waals surface area contributed by atoms with Gasteiger partial charge in [-0.2, -0.15) is 0 Å². The molecule has 1 N–H and O–H groups in total. The largest absolute Gasteiger partial charge is 0.490 e. The molecule has 162 valence electrons. The number of aromatic nitrogens is 1. The molecule has 0 bridgehead atoms. The predicted molar refractivity (Wildman–Crippen MR) is 124 cm³/mol. The molecule has 1 fully saturated rings. The van der Waals surface area contributed by atoms with Crippen molar-refractivity contribution >= 4 is 29.1 Å². The summed E-state index contributed by atoms with van der Waals surface area (Å²) in [5.74, 6) is 0.460. The highest BCUT2D eigenvalue weighted by Gasteiger charge is 2.31. The normalized spacial score (nSPS) is 15.7. The fraction of sp³-hybridized carbons (Fsp3) is 0.167. The zero-order valence-corrected chi connectivity index (χ0v) is 18.0. The van der Waals surface area contributed by atoms with Crippen molar-refractivity contribution in [3.63, 3.8) is 0 Å². The Morgan fingerprint density at radius 3 is 2.56 bits per heavy atom. The van der Waals surface area contributed by atoms with E-state index in [4.69, 9.17) is 9.57 Å². The molecule has 2 amide bonds. The van der Waals surface area contributed by atoms with Crippen LogP contribution in [0.3, 0.4) is 0 Å². The summed E-state index contributed by atoms with van der Waals surface area (Å²) < 4.78 is 5.65. The van der Waals surface area contributed by atoms with Gasteiger partial charge in [0.25, 0.3) is 5.24 Å². The summed E-state index contributed by atoms with van der Waals surface area (Å²) in [5, 5.41) is 5.61. The molecule has 0 radical (unpaired) electrons. The van der Waals surface area contributed by atoms with Crippen LogP contribution in [0.1, 0.15) is 11.1 Å². The van der Waals surface area contributed by atoms with Gasteiger partial charge in [-0.1, -0.05) is 59.4 Å². The van der Waals surface area contributed by atoms with Gasteiger partial charge < -0.3 is 9.57 Å². The Bertz CT molecular complexity index is 1100. The lowest BCUT2D eigenvalue weighted by Gasteiger charge is -2.08. The first kappa shape index (κ1) is 21.6. The third kappa shape index (κ3) is 5.95. The number of rotatable bonds is 9. The molecule has 0 aliphatic carbocycles. The Balaban J connectivity index is 1.19. The zero-order valence-electron chi connectivity index (χ0n) is 17.1. The average Bonchev–Trinajstić information content (AvgIpc) is 3.14. The number of imide groups is 1. The van der Waals surface area contributed by atoms with Crippen LogP contribution in [-0.2, 0) is 16.1 Å². The fourth-order valence-corrected chi connectivity index (χ4v) is 3.99. The van der Waals surface area contributed by atoms with E-state index in [-0.39, 0.29) is 16.4 Å². The Morgan fingerprint density at radius 1 is 1.00 bits per heavy atom. The average molecular weight is 448 g/mol. The number of oxime groups is 1. The van der Waals surface area contributed by atoms with E-state index < -0.39 is 0 Å². The van der Waals surface area contributed by atoms with E-state index in [1.54, 1.807) is 12.4 Å². The highest BCUT2D eigenvalue weighted by Crippen LogP contribution is 2.24. The first-order valence-corrected chi connectivity index (χ1v) is 10.9. The quantitative estimate of drug-likeness (QED) is 0.302. The van der Waals surface area contributed by atoms with Crippen LogP contribution in [0.2, 0.25) is 0 Å². The molecule has 1 atom stereocenters. The Labute approximate surface area is 189 Å². The smallest absolute Gasteiger partial charge is 0.286 e. The SMILES string of the molecule is O=C1NC(=O)C(Cc2ccc(OCCO/N=C/c3cncc(-c4ccccc4)c3)cc2)S1. The van der Waals surface area contributed by atoms with Gasteiger partial charge in [-0.3, -0.25) is 19.9 Å². The van der Waals surface area contributed by atoms with Gasteiger partial charge in [-0.15, -0.1) is 0 Å². The Hall–Kier alpha value is -3.65. The lowest BCUT2D eigenvalue weighted by Crippen LogP contribution is -2.25. The Morgan fingerprint density at radius 2 is 1.81 bits per heavy atom. The number of amides is 2. The molecule has 7 nitrogen and oxygen atoms in total. The molecule has 3 aromatic rings. The fourth-order valence-electron chi connectivity index (χ4n) is 3.13. The van der Waals surface area contributed by atoms with E-state index in [1.165, 1.54) is 0 Å². The van der Waals surface area contributed by atoms with Gasteiger partial charge in [0.05, 0.1) is 11.5 Å². The first-order valence-electron chi connectivity index (χ1n) is 10.1. The van der Waals surface area contributed by atoms with E-state index >= 15 is 0 Å². The molecule has 1 aliphatic heterocycles. The van der Waals surface area contributed by atoms with Gasteiger partial charge in [0.2, 0.25) is 5.91 Å². The maximum atomic E-state index is 11.6. The van der Waals surface area contributed by atoms with Crippen molar-refractivity contribution in [2.75, 3.05) is 13.2 Å². The molecule has 32 heavy (non-hydrogen) atoms. The molecule has 0 spiro atoms. The molecule has 1 saturated heterocycles. The predicted octanol–water partition coefficient (Wildman–Crippen LogP) is 4.07. The highest BCUT2D eigenvalue weighted by atomic mass is 32.2. The zero-order chi connectivity index (χ0) is 22.2. The summed E-state index contributed by atoms with van der Waals surface area (Å²) in [6, 6.07) is 19.5. The molecule has 2 heterocycles. The minimum Gasteiger partial charge on any atom is -0.490 e. The molecule has 1 aromatic heterocycles. The van der Waals surface area contributed by atoms with Crippen LogP contribution in [0.15, 0.2) is 78.2 Å². The van der Waals surface area contributed by atoms with Crippen molar-refractivity contribution in [2.45, 2.75) is 11.7 Å². The number of carbonyl (C=O) groups is 2. The van der Waals surface area contributed by atoms with E-state index in [0.717, 1.165) is 34.0 Å². The lowest BCUT2D eigenvalue weighted by atomic mass is 10.1. The minimum atomic E-state index is -0.371. The standard InChI is InChI=1S/C24H21N3O4S/c28-23-22(32-24(29)27-23)13-17-6-8-21(9-7-17)30-10-11-31-26-15-18-12-20(16-25-14-18)19-4-2-1-3-5-19/h1-9,12,14-16,22H,10-11,13H2,(H,27,28,29)/b26-15+. The van der Waals surface area contributed by atoms with Crippen LogP contribution in [0.25, 0.3) is 11.1 Å². The molecular weight excluding hydrogens is 426 g/mol. The summed E-state index contributed by atoms with van der Waals surface area (Å²) in [4.78, 5) is 32.4. The molecule has 2 aromatic carbocycles. The van der Waals surface area contributed by atoms with E-state index in [1.807, 2.05) is 66.9 Å². The van der Waals surface area contributed by atoms with Gasteiger partial charge in [0.15, 0.2) is 6.61 Å². The number of hydrogen-bond acceptors (Lipinski definition) is 7. The lowest BCUT2D eigenvalue weighted by molar-refractivity contribution is -0.118. The van der Waals surface area contributed by atoms with Crippen molar-refractivity contribution in [1.82, 2.24) is 10.3 Å². The first-order chi connectivity index (χ1) is 15.7. The van der Waals surface area contributed by atoms with E-state index in [2.05, 4.69) is 15.5 Å². The third-order valence-electron chi connectivity index (χ3n) is 4.70. The second-order valence-corrected chi connectivity index (χ2v) is 8.20. The van der Waals surface area contributed by atoms with Crippen LogP contribution in [0.4, 0.5) is 4.79 Å². The number of benzene rings is 2. The summed E-state index contributed by atoms with van der Waals surface area (Å²) >= 11 is 1.03. The van der Waals surface area contributed by atoms with Crippen molar-refractivity contribution in [2.24, 2.45) is 5.16 Å². The van der Waals surface area contributed by atoms with Gasteiger partial charge in [-0.05, 0) is 35.7 Å². The number of pyridine rings is 1. The van der Waals surface area contributed by atoms with Gasteiger partial charge in [-0.25, -0.2) is 0 Å². The summed E-state index contributed by atoms with van der Waals surface area (Å²) in [5.41, 5.74) is 3.92. The third-order valence-corrected chi connectivity index (χ3v) is 5.68. The van der Waals surface area contributed by atoms with Gasteiger partial charge >= 0.3 is 0 Å². The molecule has 8 heteroatoms. The Kier molecular flexibility index (Phi) is 7.14. The maximum absolute atomic E-state index is 11.6. The van der Waals surface area contributed by atoms with Crippen LogP contribution in [-0.4, -0.2) is 40.8 Å². The number of thioether (sulfide) groups is 1. The second-order valence-electron chi connectivity index (χ2n) is 7.02. The molecule has 1 unspecified atom stereocenters. The van der Waals surface area contributed by atoms with Crippen LogP contribution < -0.4 is 10.1 Å². The second kappa shape index (κ2) is 10.6. The number of nitrogens with zero attached hydrogens (tertiary/aromatic N) is 2. The number of nitrogens with one attached hydrogen (secondary N) is 1. The van der Waals surface area contributed by atoms with Gasteiger partial charge in [0, 0.05) is 23.5 Å². The monoisotopic (exact) mass is 447 g/mol. The number of carbonyl (C=O) groups excluding carboxylic acids is 2. The van der Waals surface area contributed by atoms with Crippen molar-refractivity contribution < 1.29 is 19.2 Å². The van der Waals surface area contributed by atoms with Crippen molar-refractivity contribution in [1.29, 1.82) is 0 Å². The molecule has 0 saturated carbocycles. The van der Waals surface area contributed by atoms with Crippen LogP contribution in [0, 0.1) is 0 Å². The van der Waals surface area contributed by atoms with Crippen LogP contribution >= 0.6 is 11.8 Å². The van der Waals surface area contributed by atoms with Crippen molar-refractivity contribution in [3.05, 3.63) is 84.2 Å². The summed E-state index contributed by atoms with van der Waals surface area (Å²) in [7, 11) is 0. The highest BCUT2D eigenvalue weighted by molar-refractivity contribution is 8.15. The number of hydrogen-bond donors (Lipinski definition) is 1. The summed E-state index contributed by atoms with van der Waals surface area (Å²) in [6.07, 6.45) is 5.66. The molecule has 4 rings (SSSR count). The number of ether oxygens (including phenoxy) is 1. The summed E-state index contributed by atoms with van der Waals surface area (Å²) in [6.45, 7) is 0.638. The molecular formula is C24H21N3O4S. The maximum Gasteiger partial charge on any atom is 0.286 e. The van der Waals surface area contributed by atoms with E-state index in [9.17, 15) is 9.59 Å². The minimum absolute atomic E-state index is 0.236. The topological polar surface area (TPSA) is 89.9 Å². The van der Waals surface area contributed by atoms with E-state index in [0.29, 0.717) is 25.4 Å². The van der Waals surface area contributed by atoms with Crippen LogP contribution in [0.5, 0.6) is 5.75 Å². The van der Waals surface area contributed by atoms with Gasteiger partial charge in [0.1, 0.15) is 12.4 Å². The van der Waals surface area contributed by atoms with Crippen molar-refractivity contribution in [3.8, 4) is 16.9 Å². The molecule has 1 aliphatic rings.